The van der Waals surface area contributed by atoms with Crippen LogP contribution in [0.1, 0.15) is 27.7 Å². The molecule has 20 heavy (non-hydrogen) atoms. The molecule has 1 aliphatic rings. The third-order valence-corrected chi connectivity index (χ3v) is 4.25. The molecule has 4 nitrogen and oxygen atoms in total. The first kappa shape index (κ1) is 13.4. The van der Waals surface area contributed by atoms with Crippen LogP contribution in [-0.4, -0.2) is 23.3 Å². The molecule has 0 unspecified atom stereocenters. The van der Waals surface area contributed by atoms with Crippen LogP contribution in [-0.2, 0) is 9.31 Å². The minimum atomic E-state index is -0.356. The highest BCUT2D eigenvalue weighted by atomic mass is 16.7. The molecule has 0 aliphatic carbocycles. The molecule has 0 spiro atoms. The van der Waals surface area contributed by atoms with E-state index in [4.69, 9.17) is 15.0 Å². The van der Waals surface area contributed by atoms with Crippen LogP contribution in [0, 0.1) is 0 Å². The number of benzene rings is 1. The Labute approximate surface area is 119 Å². The highest BCUT2D eigenvalue weighted by Crippen LogP contribution is 2.36. The summed E-state index contributed by atoms with van der Waals surface area (Å²) >= 11 is 0. The molecular formula is C15H19BN2O2. The van der Waals surface area contributed by atoms with E-state index < -0.39 is 0 Å². The third kappa shape index (κ3) is 2.07. The number of nitrogens with two attached hydrogens (primary N) is 1. The number of hydrogen-bond donors (Lipinski definition) is 1. The zero-order valence-corrected chi connectivity index (χ0v) is 12.3. The molecule has 2 N–H and O–H groups in total. The van der Waals surface area contributed by atoms with Crippen LogP contribution in [0.3, 0.4) is 0 Å². The Bertz CT molecular complexity index is 654. The molecule has 2 heterocycles. The first-order valence-corrected chi connectivity index (χ1v) is 6.79. The Morgan fingerprint density at radius 1 is 1.05 bits per heavy atom. The monoisotopic (exact) mass is 270 g/mol. The lowest BCUT2D eigenvalue weighted by Crippen LogP contribution is -2.41. The number of nitrogen functional groups attached to an aromatic ring is 1. The van der Waals surface area contributed by atoms with Gasteiger partial charge in [-0.2, -0.15) is 0 Å². The van der Waals surface area contributed by atoms with E-state index in [1.807, 2.05) is 52.0 Å². The smallest absolute Gasteiger partial charge is 0.399 e. The Balaban J connectivity index is 2.00. The van der Waals surface area contributed by atoms with Gasteiger partial charge >= 0.3 is 7.12 Å². The van der Waals surface area contributed by atoms with E-state index in [2.05, 4.69) is 4.98 Å². The summed E-state index contributed by atoms with van der Waals surface area (Å²) in [6.45, 7) is 8.20. The fourth-order valence-corrected chi connectivity index (χ4v) is 2.29. The first-order chi connectivity index (χ1) is 9.28. The highest BCUT2D eigenvalue weighted by molar-refractivity contribution is 6.62. The number of nitrogens with zero attached hydrogens (tertiary/aromatic N) is 1. The van der Waals surface area contributed by atoms with E-state index in [-0.39, 0.29) is 18.3 Å². The topological polar surface area (TPSA) is 57.4 Å². The van der Waals surface area contributed by atoms with Gasteiger partial charge in [-0.3, -0.25) is 4.98 Å². The molecule has 0 saturated carbocycles. The van der Waals surface area contributed by atoms with Gasteiger partial charge in [-0.1, -0.05) is 12.1 Å². The van der Waals surface area contributed by atoms with Crippen LogP contribution < -0.4 is 11.2 Å². The second-order valence-electron chi connectivity index (χ2n) is 6.31. The van der Waals surface area contributed by atoms with Gasteiger partial charge in [0, 0.05) is 5.39 Å². The molecule has 1 saturated heterocycles. The van der Waals surface area contributed by atoms with Crippen LogP contribution in [0.15, 0.2) is 30.5 Å². The highest BCUT2D eigenvalue weighted by Gasteiger charge is 2.51. The molecule has 1 fully saturated rings. The fraction of sp³-hybridized carbons (Fsp3) is 0.400. The zero-order chi connectivity index (χ0) is 14.5. The molecule has 1 aliphatic heterocycles. The standard InChI is InChI=1S/C15H19BN2O2/c1-14(2)15(3,4)20-16(19-14)11-5-6-13-10(7-11)8-12(17)9-18-13/h5-9H,17H2,1-4H3. The normalized spacial score (nSPS) is 20.5. The maximum Gasteiger partial charge on any atom is 0.494 e. The summed E-state index contributed by atoms with van der Waals surface area (Å²) in [5.74, 6) is 0. The summed E-state index contributed by atoms with van der Waals surface area (Å²) in [6, 6.07) is 7.90. The first-order valence-electron chi connectivity index (χ1n) is 6.79. The van der Waals surface area contributed by atoms with E-state index >= 15 is 0 Å². The van der Waals surface area contributed by atoms with Crippen LogP contribution in [0.2, 0.25) is 0 Å². The summed E-state index contributed by atoms with van der Waals surface area (Å²) in [5.41, 5.74) is 7.68. The van der Waals surface area contributed by atoms with Crippen molar-refractivity contribution in [1.29, 1.82) is 0 Å². The van der Waals surface area contributed by atoms with Crippen molar-refractivity contribution in [2.45, 2.75) is 38.9 Å². The quantitative estimate of drug-likeness (QED) is 0.806. The minimum absolute atomic E-state index is 0.333. The van der Waals surface area contributed by atoms with Crippen molar-refractivity contribution >= 4 is 29.2 Å². The molecule has 1 aromatic heterocycles. The van der Waals surface area contributed by atoms with E-state index in [0.29, 0.717) is 5.69 Å². The number of pyridine rings is 1. The summed E-state index contributed by atoms with van der Waals surface area (Å²) in [7, 11) is -0.356. The molecule has 0 atom stereocenters. The Kier molecular flexibility index (Phi) is 2.82. The summed E-state index contributed by atoms with van der Waals surface area (Å²) in [5, 5.41) is 0.997. The van der Waals surface area contributed by atoms with Gasteiger partial charge in [0.25, 0.3) is 0 Å². The van der Waals surface area contributed by atoms with Crippen molar-refractivity contribution in [3.8, 4) is 0 Å². The SMILES string of the molecule is CC1(C)OB(c2ccc3ncc(N)cc3c2)OC1(C)C. The lowest BCUT2D eigenvalue weighted by Gasteiger charge is -2.32. The van der Waals surface area contributed by atoms with Gasteiger partial charge in [-0.15, -0.1) is 0 Å². The van der Waals surface area contributed by atoms with Gasteiger partial charge in [0.05, 0.1) is 28.6 Å². The number of rotatable bonds is 1. The van der Waals surface area contributed by atoms with Crippen molar-refractivity contribution in [1.82, 2.24) is 4.98 Å². The van der Waals surface area contributed by atoms with E-state index in [0.717, 1.165) is 16.4 Å². The molecular weight excluding hydrogens is 251 g/mol. The molecule has 0 amide bonds. The van der Waals surface area contributed by atoms with Crippen LogP contribution in [0.4, 0.5) is 5.69 Å². The molecule has 0 bridgehead atoms. The molecule has 3 rings (SSSR count). The van der Waals surface area contributed by atoms with Gasteiger partial charge in [0.15, 0.2) is 0 Å². The minimum Gasteiger partial charge on any atom is -0.399 e. The van der Waals surface area contributed by atoms with Gasteiger partial charge in [0.2, 0.25) is 0 Å². The van der Waals surface area contributed by atoms with Crippen molar-refractivity contribution in [3.63, 3.8) is 0 Å². The van der Waals surface area contributed by atoms with Crippen molar-refractivity contribution in [2.24, 2.45) is 0 Å². The number of anilines is 1. The Morgan fingerprint density at radius 3 is 2.35 bits per heavy atom. The van der Waals surface area contributed by atoms with E-state index in [1.165, 1.54) is 0 Å². The Morgan fingerprint density at radius 2 is 1.70 bits per heavy atom. The third-order valence-electron chi connectivity index (χ3n) is 4.25. The fourth-order valence-electron chi connectivity index (χ4n) is 2.29. The van der Waals surface area contributed by atoms with E-state index in [9.17, 15) is 0 Å². The van der Waals surface area contributed by atoms with Gasteiger partial charge in [-0.25, -0.2) is 0 Å². The van der Waals surface area contributed by atoms with Crippen molar-refractivity contribution < 1.29 is 9.31 Å². The molecule has 104 valence electrons. The summed E-state index contributed by atoms with van der Waals surface area (Å²) < 4.78 is 12.1. The average molecular weight is 270 g/mol. The predicted molar refractivity (Wildman–Crippen MR) is 81.9 cm³/mol. The van der Waals surface area contributed by atoms with Gasteiger partial charge in [-0.05, 0) is 45.3 Å². The van der Waals surface area contributed by atoms with Crippen LogP contribution in [0.25, 0.3) is 10.9 Å². The zero-order valence-electron chi connectivity index (χ0n) is 12.3. The van der Waals surface area contributed by atoms with Gasteiger partial charge < -0.3 is 15.0 Å². The summed E-state index contributed by atoms with van der Waals surface area (Å²) in [4.78, 5) is 4.30. The lowest BCUT2D eigenvalue weighted by molar-refractivity contribution is 0.00578. The predicted octanol–water partition coefficient (Wildman–Crippen LogP) is 2.12. The summed E-state index contributed by atoms with van der Waals surface area (Å²) in [6.07, 6.45) is 1.66. The second kappa shape index (κ2) is 4.20. The van der Waals surface area contributed by atoms with Crippen LogP contribution in [0.5, 0.6) is 0 Å². The lowest BCUT2D eigenvalue weighted by atomic mass is 9.78. The van der Waals surface area contributed by atoms with Gasteiger partial charge in [0.1, 0.15) is 0 Å². The molecule has 5 heteroatoms. The molecule has 0 radical (unpaired) electrons. The molecule has 1 aromatic carbocycles. The maximum atomic E-state index is 6.06. The van der Waals surface area contributed by atoms with Crippen molar-refractivity contribution in [3.05, 3.63) is 30.5 Å². The average Bonchev–Trinajstić information content (AvgIpc) is 2.57. The van der Waals surface area contributed by atoms with Crippen molar-refractivity contribution in [2.75, 3.05) is 5.73 Å². The number of hydrogen-bond acceptors (Lipinski definition) is 4. The Hall–Kier alpha value is -1.59. The number of aromatic nitrogens is 1. The van der Waals surface area contributed by atoms with Crippen LogP contribution >= 0.6 is 0 Å². The maximum absolute atomic E-state index is 6.06. The number of fused-ring (bicyclic) bond motifs is 1. The largest absolute Gasteiger partial charge is 0.494 e. The molecule has 2 aromatic rings. The van der Waals surface area contributed by atoms with E-state index in [1.54, 1.807) is 6.20 Å². The second-order valence-corrected chi connectivity index (χ2v) is 6.31.